The van der Waals surface area contributed by atoms with Crippen molar-refractivity contribution in [2.24, 2.45) is 0 Å². The second kappa shape index (κ2) is 12.6. The number of rotatable bonds is 10. The summed E-state index contributed by atoms with van der Waals surface area (Å²) in [7, 11) is -3.99. The van der Waals surface area contributed by atoms with Gasteiger partial charge >= 0.3 is 0 Å². The number of hydrogen-bond donors (Lipinski definition) is 1. The van der Waals surface area contributed by atoms with Crippen LogP contribution in [0.1, 0.15) is 31.9 Å². The van der Waals surface area contributed by atoms with Gasteiger partial charge in [-0.2, -0.15) is 0 Å². The highest BCUT2D eigenvalue weighted by Gasteiger charge is 2.34. The van der Waals surface area contributed by atoms with Crippen molar-refractivity contribution in [1.82, 2.24) is 10.2 Å². The summed E-state index contributed by atoms with van der Waals surface area (Å²) in [6.07, 6.45) is 1.12. The van der Waals surface area contributed by atoms with Gasteiger partial charge in [0.25, 0.3) is 0 Å². The van der Waals surface area contributed by atoms with Crippen LogP contribution in [0.3, 0.4) is 0 Å². The second-order valence-electron chi connectivity index (χ2n) is 10.3. The fourth-order valence-corrected chi connectivity index (χ4v) is 5.10. The van der Waals surface area contributed by atoms with Crippen LogP contribution in [0.2, 0.25) is 5.02 Å². The van der Waals surface area contributed by atoms with Crippen LogP contribution in [0, 0.1) is 5.82 Å². The van der Waals surface area contributed by atoms with E-state index in [-0.39, 0.29) is 18.7 Å². The summed E-state index contributed by atoms with van der Waals surface area (Å²) in [6, 6.07) is 20.2. The Morgan fingerprint density at radius 3 is 2.21 bits per heavy atom. The molecule has 0 aliphatic heterocycles. The van der Waals surface area contributed by atoms with Crippen LogP contribution in [0.15, 0.2) is 78.9 Å². The number of carbonyl (C=O) groups excluding carboxylic acids is 2. The average Bonchev–Trinajstić information content (AvgIpc) is 2.84. The van der Waals surface area contributed by atoms with Gasteiger partial charge < -0.3 is 10.2 Å². The van der Waals surface area contributed by atoms with Gasteiger partial charge in [0, 0.05) is 23.5 Å². The van der Waals surface area contributed by atoms with Crippen molar-refractivity contribution in [1.29, 1.82) is 0 Å². The number of nitrogens with one attached hydrogen (secondary N) is 1. The summed E-state index contributed by atoms with van der Waals surface area (Å²) >= 11 is 6.43. The summed E-state index contributed by atoms with van der Waals surface area (Å²) in [5, 5.41) is 3.35. The molecule has 0 bridgehead atoms. The zero-order valence-corrected chi connectivity index (χ0v) is 24.0. The number of halogens is 2. The molecule has 0 aliphatic rings. The Morgan fingerprint density at radius 1 is 0.974 bits per heavy atom. The van der Waals surface area contributed by atoms with Gasteiger partial charge in [0.05, 0.1) is 11.9 Å². The Labute approximate surface area is 234 Å². The third-order valence-corrected chi connectivity index (χ3v) is 7.35. The van der Waals surface area contributed by atoms with E-state index < -0.39 is 45.8 Å². The van der Waals surface area contributed by atoms with Gasteiger partial charge in [-0.1, -0.05) is 66.2 Å². The normalized spacial score (nSPS) is 12.5. The minimum absolute atomic E-state index is 0.00213. The predicted octanol–water partition coefficient (Wildman–Crippen LogP) is 4.80. The van der Waals surface area contributed by atoms with E-state index in [4.69, 9.17) is 11.6 Å². The first-order chi connectivity index (χ1) is 18.2. The quantitative estimate of drug-likeness (QED) is 0.377. The van der Waals surface area contributed by atoms with Crippen LogP contribution in [-0.4, -0.2) is 49.5 Å². The van der Waals surface area contributed by atoms with Crippen LogP contribution in [-0.2, 0) is 32.6 Å². The summed E-state index contributed by atoms with van der Waals surface area (Å²) in [6.45, 7) is 4.81. The second-order valence-corrected chi connectivity index (χ2v) is 12.6. The van der Waals surface area contributed by atoms with Crippen molar-refractivity contribution in [3.05, 3.63) is 101 Å². The number of sulfonamides is 1. The van der Waals surface area contributed by atoms with Gasteiger partial charge in [-0.15, -0.1) is 0 Å². The number of hydrogen-bond acceptors (Lipinski definition) is 4. The number of carbonyl (C=O) groups is 2. The van der Waals surface area contributed by atoms with Gasteiger partial charge in [-0.3, -0.25) is 13.9 Å². The first kappa shape index (κ1) is 30.1. The SMILES string of the molecule is CC(C)(C)NC(=O)[C@H](Cc1ccccc1)N(Cc1ccccc1Cl)C(=O)CN(c1cccc(F)c1)S(C)(=O)=O. The maximum absolute atomic E-state index is 14.0. The number of anilines is 1. The Kier molecular flexibility index (Phi) is 9.74. The maximum Gasteiger partial charge on any atom is 0.244 e. The molecule has 0 spiro atoms. The standard InChI is InChI=1S/C29H33ClFN3O4S/c1-29(2,3)32-28(36)26(17-21-11-6-5-7-12-21)33(19-22-13-8-9-16-25(22)30)27(35)20-34(39(4,37)38)24-15-10-14-23(31)18-24/h5-16,18,26H,17,19-20H2,1-4H3,(H,32,36)/t26-/m0/s1. The van der Waals surface area contributed by atoms with Crippen LogP contribution in [0.5, 0.6) is 0 Å². The molecule has 10 heteroatoms. The maximum atomic E-state index is 14.0. The lowest BCUT2D eigenvalue weighted by Crippen LogP contribution is -2.56. The fourth-order valence-electron chi connectivity index (χ4n) is 4.06. The monoisotopic (exact) mass is 573 g/mol. The lowest BCUT2D eigenvalue weighted by atomic mass is 10.0. The molecule has 208 valence electrons. The van der Waals surface area contributed by atoms with Crippen molar-refractivity contribution in [2.75, 3.05) is 17.1 Å². The van der Waals surface area contributed by atoms with E-state index in [0.717, 1.165) is 22.2 Å². The Bertz CT molecular complexity index is 1410. The number of benzene rings is 3. The molecule has 0 saturated heterocycles. The molecular weight excluding hydrogens is 541 g/mol. The van der Waals surface area contributed by atoms with E-state index in [2.05, 4.69) is 5.32 Å². The average molecular weight is 574 g/mol. The van der Waals surface area contributed by atoms with Gasteiger partial charge in [0.15, 0.2) is 0 Å². The zero-order valence-electron chi connectivity index (χ0n) is 22.4. The summed E-state index contributed by atoms with van der Waals surface area (Å²) in [5.74, 6) is -1.69. The highest BCUT2D eigenvalue weighted by molar-refractivity contribution is 7.92. The zero-order chi connectivity index (χ0) is 28.8. The van der Waals surface area contributed by atoms with Gasteiger partial charge in [-0.05, 0) is 56.2 Å². The first-order valence-electron chi connectivity index (χ1n) is 12.4. The first-order valence-corrected chi connectivity index (χ1v) is 14.6. The van der Waals surface area contributed by atoms with E-state index in [0.29, 0.717) is 10.6 Å². The molecule has 3 rings (SSSR count). The van der Waals surface area contributed by atoms with E-state index in [1.807, 2.05) is 51.1 Å². The topological polar surface area (TPSA) is 86.8 Å². The molecule has 3 aromatic carbocycles. The molecule has 0 unspecified atom stereocenters. The van der Waals surface area contributed by atoms with Crippen molar-refractivity contribution >= 4 is 39.1 Å². The minimum atomic E-state index is -3.99. The van der Waals surface area contributed by atoms with Crippen molar-refractivity contribution in [3.63, 3.8) is 0 Å². The lowest BCUT2D eigenvalue weighted by molar-refractivity contribution is -0.140. The highest BCUT2D eigenvalue weighted by Crippen LogP contribution is 2.23. The largest absolute Gasteiger partial charge is 0.350 e. The van der Waals surface area contributed by atoms with E-state index >= 15 is 0 Å². The molecule has 39 heavy (non-hydrogen) atoms. The Hall–Kier alpha value is -3.43. The van der Waals surface area contributed by atoms with Crippen LogP contribution >= 0.6 is 11.6 Å². The van der Waals surface area contributed by atoms with E-state index in [9.17, 15) is 22.4 Å². The predicted molar refractivity (Wildman–Crippen MR) is 152 cm³/mol. The van der Waals surface area contributed by atoms with E-state index in [1.165, 1.54) is 23.1 Å². The molecular formula is C29H33ClFN3O4S. The van der Waals surface area contributed by atoms with E-state index in [1.54, 1.807) is 24.3 Å². The molecule has 0 saturated carbocycles. The van der Waals surface area contributed by atoms with Crippen LogP contribution in [0.25, 0.3) is 0 Å². The smallest absolute Gasteiger partial charge is 0.244 e. The van der Waals surface area contributed by atoms with Crippen LogP contribution in [0.4, 0.5) is 10.1 Å². The molecule has 0 radical (unpaired) electrons. The van der Waals surface area contributed by atoms with Gasteiger partial charge in [0.1, 0.15) is 18.4 Å². The van der Waals surface area contributed by atoms with Gasteiger partial charge in [-0.25, -0.2) is 12.8 Å². The molecule has 7 nitrogen and oxygen atoms in total. The molecule has 1 atom stereocenters. The minimum Gasteiger partial charge on any atom is -0.350 e. The lowest BCUT2D eigenvalue weighted by Gasteiger charge is -2.35. The Morgan fingerprint density at radius 2 is 1.62 bits per heavy atom. The summed E-state index contributed by atoms with van der Waals surface area (Å²) < 4.78 is 40.3. The number of amides is 2. The molecule has 0 aromatic heterocycles. The highest BCUT2D eigenvalue weighted by atomic mass is 35.5. The number of nitrogens with zero attached hydrogens (tertiary/aromatic N) is 2. The van der Waals surface area contributed by atoms with Crippen LogP contribution < -0.4 is 9.62 Å². The molecule has 0 fully saturated rings. The van der Waals surface area contributed by atoms with Crippen molar-refractivity contribution < 1.29 is 22.4 Å². The Balaban J connectivity index is 2.09. The molecule has 1 N–H and O–H groups in total. The molecule has 0 aliphatic carbocycles. The third kappa shape index (κ3) is 8.80. The summed E-state index contributed by atoms with van der Waals surface area (Å²) in [4.78, 5) is 29.0. The molecule has 3 aromatic rings. The van der Waals surface area contributed by atoms with Gasteiger partial charge in [0.2, 0.25) is 21.8 Å². The fraction of sp³-hybridized carbons (Fsp3) is 0.310. The van der Waals surface area contributed by atoms with Crippen molar-refractivity contribution in [3.8, 4) is 0 Å². The molecule has 2 amide bonds. The summed E-state index contributed by atoms with van der Waals surface area (Å²) in [5.41, 5.74) is 0.813. The van der Waals surface area contributed by atoms with Crippen molar-refractivity contribution in [2.45, 2.75) is 45.3 Å². The third-order valence-electron chi connectivity index (χ3n) is 5.84. The molecule has 0 heterocycles.